The monoisotopic (exact) mass is 412 g/mol. The van der Waals surface area contributed by atoms with Gasteiger partial charge in [0.15, 0.2) is 5.65 Å². The molecule has 8 heteroatoms. The third-order valence-corrected chi connectivity index (χ3v) is 5.37. The molecule has 0 saturated heterocycles. The summed E-state index contributed by atoms with van der Waals surface area (Å²) in [6.45, 7) is 1.07. The van der Waals surface area contributed by atoms with Gasteiger partial charge in [-0.1, -0.05) is 24.3 Å². The zero-order chi connectivity index (χ0) is 21.2. The number of hydrogen-bond acceptors (Lipinski definition) is 4. The standard InChI is InChI=1S/C23H20N6O2/c30-22(26-17-6-2-1-3-7-17)15-5-4-8-18(11-15)27-23(31)29-10-9-19-16(14-29)12-24-21-20(19)13-25-28-21/h1-8,11-13H,9-10,14H2,(H,26,30)(H,27,31)(H,24,25,28). The van der Waals surface area contributed by atoms with Crippen LogP contribution < -0.4 is 10.6 Å². The highest BCUT2D eigenvalue weighted by Gasteiger charge is 2.23. The molecule has 3 amide bonds. The minimum atomic E-state index is -0.232. The van der Waals surface area contributed by atoms with Gasteiger partial charge in [-0.15, -0.1) is 0 Å². The summed E-state index contributed by atoms with van der Waals surface area (Å²) in [5.74, 6) is -0.232. The smallest absolute Gasteiger partial charge is 0.322 e. The number of nitrogens with zero attached hydrogens (tertiary/aromatic N) is 3. The minimum absolute atomic E-state index is 0.210. The molecule has 0 radical (unpaired) electrons. The van der Waals surface area contributed by atoms with Crippen molar-refractivity contribution in [3.8, 4) is 0 Å². The number of fused-ring (bicyclic) bond motifs is 3. The highest BCUT2D eigenvalue weighted by molar-refractivity contribution is 6.05. The maximum atomic E-state index is 12.8. The van der Waals surface area contributed by atoms with Crippen molar-refractivity contribution >= 4 is 34.3 Å². The summed E-state index contributed by atoms with van der Waals surface area (Å²) in [5, 5.41) is 13.7. The highest BCUT2D eigenvalue weighted by atomic mass is 16.2. The second kappa shape index (κ2) is 7.91. The fourth-order valence-electron chi connectivity index (χ4n) is 3.79. The van der Waals surface area contributed by atoms with Gasteiger partial charge in [0.25, 0.3) is 5.91 Å². The lowest BCUT2D eigenvalue weighted by molar-refractivity contribution is 0.102. The molecule has 0 bridgehead atoms. The van der Waals surface area contributed by atoms with Gasteiger partial charge in [-0.05, 0) is 47.9 Å². The third-order valence-electron chi connectivity index (χ3n) is 5.37. The van der Waals surface area contributed by atoms with E-state index < -0.39 is 0 Å². The Bertz CT molecular complexity index is 1270. The molecule has 154 valence electrons. The normalized spacial score (nSPS) is 13.0. The summed E-state index contributed by atoms with van der Waals surface area (Å²) in [6.07, 6.45) is 4.31. The van der Waals surface area contributed by atoms with Crippen LogP contribution in [0.2, 0.25) is 0 Å². The van der Waals surface area contributed by atoms with Crippen molar-refractivity contribution in [2.75, 3.05) is 17.2 Å². The SMILES string of the molecule is O=C(Nc1ccccc1)c1cccc(NC(=O)N2CCc3c(cnc4[nH]ncc34)C2)c1. The van der Waals surface area contributed by atoms with Gasteiger partial charge < -0.3 is 15.5 Å². The molecule has 0 spiro atoms. The van der Waals surface area contributed by atoms with E-state index in [2.05, 4.69) is 25.8 Å². The highest BCUT2D eigenvalue weighted by Crippen LogP contribution is 2.25. The van der Waals surface area contributed by atoms with Crippen LogP contribution in [0.5, 0.6) is 0 Å². The number of pyridine rings is 1. The van der Waals surface area contributed by atoms with Crippen LogP contribution in [0.1, 0.15) is 21.5 Å². The zero-order valence-corrected chi connectivity index (χ0v) is 16.6. The van der Waals surface area contributed by atoms with Crippen molar-refractivity contribution in [3.05, 3.63) is 83.7 Å². The first-order valence-corrected chi connectivity index (χ1v) is 9.99. The molecule has 0 aliphatic carbocycles. The average Bonchev–Trinajstić information content (AvgIpc) is 3.29. The number of hydrogen-bond donors (Lipinski definition) is 3. The van der Waals surface area contributed by atoms with E-state index in [1.807, 2.05) is 30.3 Å². The van der Waals surface area contributed by atoms with E-state index in [0.717, 1.165) is 23.0 Å². The Morgan fingerprint density at radius 2 is 1.81 bits per heavy atom. The van der Waals surface area contributed by atoms with E-state index in [1.165, 1.54) is 5.56 Å². The second-order valence-electron chi connectivity index (χ2n) is 7.40. The van der Waals surface area contributed by atoms with Crippen molar-refractivity contribution in [1.29, 1.82) is 0 Å². The maximum absolute atomic E-state index is 12.8. The van der Waals surface area contributed by atoms with Crippen LogP contribution in [0, 0.1) is 0 Å². The van der Waals surface area contributed by atoms with Crippen LogP contribution in [0.4, 0.5) is 16.2 Å². The Morgan fingerprint density at radius 3 is 2.68 bits per heavy atom. The number of rotatable bonds is 3. The van der Waals surface area contributed by atoms with E-state index in [1.54, 1.807) is 41.6 Å². The predicted octanol–water partition coefficient (Wildman–Crippen LogP) is 3.80. The molecule has 31 heavy (non-hydrogen) atoms. The predicted molar refractivity (Wildman–Crippen MR) is 118 cm³/mol. The maximum Gasteiger partial charge on any atom is 0.322 e. The Morgan fingerprint density at radius 1 is 0.968 bits per heavy atom. The molecule has 0 atom stereocenters. The van der Waals surface area contributed by atoms with Gasteiger partial charge in [0.1, 0.15) is 0 Å². The van der Waals surface area contributed by atoms with Gasteiger partial charge in [-0.3, -0.25) is 9.89 Å². The number of amides is 3. The fraction of sp³-hybridized carbons (Fsp3) is 0.130. The number of aromatic nitrogens is 3. The van der Waals surface area contributed by atoms with Crippen LogP contribution in [0.25, 0.3) is 11.0 Å². The first-order valence-electron chi connectivity index (χ1n) is 9.99. The third kappa shape index (κ3) is 3.83. The molecule has 3 N–H and O–H groups in total. The zero-order valence-electron chi connectivity index (χ0n) is 16.6. The van der Waals surface area contributed by atoms with E-state index in [9.17, 15) is 9.59 Å². The molecular formula is C23H20N6O2. The first kappa shape index (κ1) is 18.8. The minimum Gasteiger partial charge on any atom is -0.322 e. The Balaban J connectivity index is 1.27. The van der Waals surface area contributed by atoms with Gasteiger partial charge in [0.05, 0.1) is 6.20 Å². The van der Waals surface area contributed by atoms with E-state index >= 15 is 0 Å². The van der Waals surface area contributed by atoms with Crippen molar-refractivity contribution < 1.29 is 9.59 Å². The first-order chi connectivity index (χ1) is 15.2. The molecule has 1 aliphatic heterocycles. The van der Waals surface area contributed by atoms with Crippen LogP contribution in [0.15, 0.2) is 67.0 Å². The lowest BCUT2D eigenvalue weighted by atomic mass is 9.99. The molecule has 5 rings (SSSR count). The summed E-state index contributed by atoms with van der Waals surface area (Å²) in [4.78, 5) is 31.5. The second-order valence-corrected chi connectivity index (χ2v) is 7.40. The molecule has 3 heterocycles. The van der Waals surface area contributed by atoms with Crippen molar-refractivity contribution in [3.63, 3.8) is 0 Å². The van der Waals surface area contributed by atoms with Crippen LogP contribution >= 0.6 is 0 Å². The molecule has 0 fully saturated rings. The molecule has 2 aromatic carbocycles. The summed E-state index contributed by atoms with van der Waals surface area (Å²) < 4.78 is 0. The quantitative estimate of drug-likeness (QED) is 0.476. The number of H-pyrrole nitrogens is 1. The lowest BCUT2D eigenvalue weighted by Crippen LogP contribution is -2.39. The number of para-hydroxylation sites is 1. The van der Waals surface area contributed by atoms with Crippen molar-refractivity contribution in [2.45, 2.75) is 13.0 Å². The van der Waals surface area contributed by atoms with E-state index in [-0.39, 0.29) is 11.9 Å². The number of urea groups is 1. The number of carbonyl (C=O) groups excluding carboxylic acids is 2. The molecule has 0 unspecified atom stereocenters. The topological polar surface area (TPSA) is 103 Å². The van der Waals surface area contributed by atoms with Gasteiger partial charge >= 0.3 is 6.03 Å². The van der Waals surface area contributed by atoms with Crippen LogP contribution in [-0.4, -0.2) is 38.6 Å². The number of benzene rings is 2. The average molecular weight is 412 g/mol. The van der Waals surface area contributed by atoms with Crippen molar-refractivity contribution in [1.82, 2.24) is 20.1 Å². The van der Waals surface area contributed by atoms with Gasteiger partial charge in [0, 0.05) is 41.6 Å². The number of carbonyl (C=O) groups is 2. The molecule has 8 nitrogen and oxygen atoms in total. The molecule has 1 aliphatic rings. The molecule has 2 aromatic heterocycles. The van der Waals surface area contributed by atoms with Gasteiger partial charge in [-0.25, -0.2) is 9.78 Å². The molecular weight excluding hydrogens is 392 g/mol. The van der Waals surface area contributed by atoms with Crippen LogP contribution in [-0.2, 0) is 13.0 Å². The van der Waals surface area contributed by atoms with E-state index in [4.69, 9.17) is 0 Å². The van der Waals surface area contributed by atoms with E-state index in [0.29, 0.717) is 30.0 Å². The fourth-order valence-corrected chi connectivity index (χ4v) is 3.79. The van der Waals surface area contributed by atoms with Crippen molar-refractivity contribution in [2.24, 2.45) is 0 Å². The number of aromatic amines is 1. The van der Waals surface area contributed by atoms with Crippen LogP contribution in [0.3, 0.4) is 0 Å². The summed E-state index contributed by atoms with van der Waals surface area (Å²) >= 11 is 0. The number of anilines is 2. The Labute approximate surface area is 178 Å². The largest absolute Gasteiger partial charge is 0.322 e. The molecule has 0 saturated carbocycles. The summed E-state index contributed by atoms with van der Waals surface area (Å²) in [6, 6.07) is 15.9. The Kier molecular flexibility index (Phi) is 4.80. The van der Waals surface area contributed by atoms with Gasteiger partial charge in [-0.2, -0.15) is 5.10 Å². The number of nitrogens with one attached hydrogen (secondary N) is 3. The summed E-state index contributed by atoms with van der Waals surface area (Å²) in [7, 11) is 0. The lowest BCUT2D eigenvalue weighted by Gasteiger charge is -2.29. The Hall–Kier alpha value is -4.20. The molecule has 4 aromatic rings. The summed E-state index contributed by atoms with van der Waals surface area (Å²) in [5.41, 5.74) is 4.72. The van der Waals surface area contributed by atoms with Gasteiger partial charge in [0.2, 0.25) is 0 Å².